The van der Waals surface area contributed by atoms with E-state index in [4.69, 9.17) is 4.74 Å². The van der Waals surface area contributed by atoms with Gasteiger partial charge in [0.2, 0.25) is 0 Å². The van der Waals surface area contributed by atoms with Crippen LogP contribution in [0.15, 0.2) is 18.2 Å². The quantitative estimate of drug-likeness (QED) is 0.767. The maximum atomic E-state index is 6.01. The lowest BCUT2D eigenvalue weighted by Crippen LogP contribution is -2.25. The second-order valence-electron chi connectivity index (χ2n) is 8.16. The maximum absolute atomic E-state index is 6.01. The second-order valence-corrected chi connectivity index (χ2v) is 8.16. The third kappa shape index (κ3) is 6.99. The van der Waals surface area contributed by atoms with Crippen molar-refractivity contribution >= 4 is 0 Å². The molecule has 0 saturated heterocycles. The highest BCUT2D eigenvalue weighted by atomic mass is 16.5. The van der Waals surface area contributed by atoms with E-state index in [1.807, 2.05) is 0 Å². The molecule has 2 nitrogen and oxygen atoms in total. The van der Waals surface area contributed by atoms with E-state index in [2.05, 4.69) is 72.0 Å². The van der Waals surface area contributed by atoms with Crippen molar-refractivity contribution in [3.05, 3.63) is 29.3 Å². The van der Waals surface area contributed by atoms with E-state index in [0.29, 0.717) is 5.41 Å². The molecular formula is C19H33NO. The van der Waals surface area contributed by atoms with Crippen LogP contribution in [0.3, 0.4) is 0 Å². The monoisotopic (exact) mass is 291 g/mol. The van der Waals surface area contributed by atoms with Crippen LogP contribution in [0, 0.1) is 12.3 Å². The summed E-state index contributed by atoms with van der Waals surface area (Å²) in [6, 6.07) is 6.50. The van der Waals surface area contributed by atoms with Crippen LogP contribution in [0.5, 0.6) is 5.75 Å². The predicted octanol–water partition coefficient (Wildman–Crippen LogP) is 4.70. The molecule has 0 fully saturated rings. The van der Waals surface area contributed by atoms with E-state index in [-0.39, 0.29) is 5.41 Å². The summed E-state index contributed by atoms with van der Waals surface area (Å²) in [7, 11) is 0. The highest BCUT2D eigenvalue weighted by molar-refractivity contribution is 5.41. The molecule has 0 aliphatic heterocycles. The van der Waals surface area contributed by atoms with E-state index in [9.17, 15) is 0 Å². The van der Waals surface area contributed by atoms with E-state index in [1.54, 1.807) is 0 Å². The molecule has 1 N–H and O–H groups in total. The number of rotatable bonds is 6. The second kappa shape index (κ2) is 7.31. The summed E-state index contributed by atoms with van der Waals surface area (Å²) >= 11 is 0. The van der Waals surface area contributed by atoms with Crippen LogP contribution in [-0.2, 0) is 5.41 Å². The van der Waals surface area contributed by atoms with Gasteiger partial charge in [-0.3, -0.25) is 0 Å². The molecule has 0 aliphatic carbocycles. The number of nitrogens with one attached hydrogen (secondary N) is 1. The molecule has 2 heteroatoms. The fourth-order valence-electron chi connectivity index (χ4n) is 2.19. The van der Waals surface area contributed by atoms with Crippen LogP contribution in [-0.4, -0.2) is 19.7 Å². The molecule has 0 bridgehead atoms. The van der Waals surface area contributed by atoms with Gasteiger partial charge in [-0.2, -0.15) is 0 Å². The molecule has 0 aromatic heterocycles. The third-order valence-corrected chi connectivity index (χ3v) is 3.53. The summed E-state index contributed by atoms with van der Waals surface area (Å²) in [4.78, 5) is 0. The van der Waals surface area contributed by atoms with Gasteiger partial charge < -0.3 is 10.1 Å². The predicted molar refractivity (Wildman–Crippen MR) is 92.3 cm³/mol. The summed E-state index contributed by atoms with van der Waals surface area (Å²) in [6.07, 6.45) is 1.19. The van der Waals surface area contributed by atoms with Gasteiger partial charge in [0.15, 0.2) is 0 Å². The Balaban J connectivity index is 2.47. The summed E-state index contributed by atoms with van der Waals surface area (Å²) in [5.74, 6) is 1.03. The van der Waals surface area contributed by atoms with Crippen molar-refractivity contribution in [2.24, 2.45) is 5.41 Å². The number of hydrogen-bond donors (Lipinski definition) is 1. The molecule has 1 aromatic rings. The minimum atomic E-state index is 0.114. The van der Waals surface area contributed by atoms with Crippen molar-refractivity contribution in [1.29, 1.82) is 0 Å². The molecule has 1 aromatic carbocycles. The summed E-state index contributed by atoms with van der Waals surface area (Å²) in [6.45, 7) is 18.3. The number of aryl methyl sites for hydroxylation is 1. The highest BCUT2D eigenvalue weighted by Crippen LogP contribution is 2.31. The van der Waals surface area contributed by atoms with Crippen LogP contribution in [0.25, 0.3) is 0 Å². The van der Waals surface area contributed by atoms with Gasteiger partial charge in [0.1, 0.15) is 12.4 Å². The molecule has 0 aliphatic rings. The van der Waals surface area contributed by atoms with E-state index < -0.39 is 0 Å². The zero-order valence-corrected chi connectivity index (χ0v) is 15.0. The first-order valence-electron chi connectivity index (χ1n) is 8.04. The molecule has 0 amide bonds. The molecule has 0 radical (unpaired) electrons. The third-order valence-electron chi connectivity index (χ3n) is 3.53. The van der Waals surface area contributed by atoms with Crippen LogP contribution in [0.2, 0.25) is 0 Å². The summed E-state index contributed by atoms with van der Waals surface area (Å²) < 4.78 is 6.01. The van der Waals surface area contributed by atoms with E-state index in [0.717, 1.165) is 25.4 Å². The normalized spacial score (nSPS) is 12.5. The minimum absolute atomic E-state index is 0.114. The number of ether oxygens (including phenoxy) is 1. The van der Waals surface area contributed by atoms with Crippen LogP contribution < -0.4 is 10.1 Å². The van der Waals surface area contributed by atoms with Gasteiger partial charge in [-0.1, -0.05) is 53.7 Å². The van der Waals surface area contributed by atoms with Gasteiger partial charge in [0, 0.05) is 6.54 Å². The first-order valence-corrected chi connectivity index (χ1v) is 8.04. The molecule has 0 heterocycles. The molecular weight excluding hydrogens is 258 g/mol. The molecule has 0 spiro atoms. The van der Waals surface area contributed by atoms with Crippen molar-refractivity contribution in [1.82, 2.24) is 5.32 Å². The van der Waals surface area contributed by atoms with Gasteiger partial charge in [-0.15, -0.1) is 0 Å². The Morgan fingerprint density at radius 1 is 1.00 bits per heavy atom. The van der Waals surface area contributed by atoms with Gasteiger partial charge in [0.05, 0.1) is 0 Å². The van der Waals surface area contributed by atoms with Crippen LogP contribution >= 0.6 is 0 Å². The Morgan fingerprint density at radius 2 is 1.67 bits per heavy atom. The van der Waals surface area contributed by atoms with Crippen molar-refractivity contribution in [3.8, 4) is 5.75 Å². The van der Waals surface area contributed by atoms with Crippen molar-refractivity contribution in [2.45, 2.75) is 60.3 Å². The topological polar surface area (TPSA) is 21.3 Å². The van der Waals surface area contributed by atoms with E-state index >= 15 is 0 Å². The molecule has 0 saturated carbocycles. The zero-order chi connectivity index (χ0) is 16.1. The lowest BCUT2D eigenvalue weighted by Gasteiger charge is -2.23. The smallest absolute Gasteiger partial charge is 0.123 e. The molecule has 1 rings (SSSR count). The van der Waals surface area contributed by atoms with E-state index in [1.165, 1.54) is 17.5 Å². The number of benzene rings is 1. The Morgan fingerprint density at radius 3 is 2.24 bits per heavy atom. The standard InChI is InChI=1S/C19H33NO/c1-15-8-9-16(19(5,6)7)17(14-15)21-13-12-20-11-10-18(2,3)4/h8-9,14,20H,10-13H2,1-7H3. The SMILES string of the molecule is Cc1ccc(C(C)(C)C)c(OCCNCCC(C)(C)C)c1. The van der Waals surface area contributed by atoms with Crippen LogP contribution in [0.4, 0.5) is 0 Å². The van der Waals surface area contributed by atoms with Crippen molar-refractivity contribution in [2.75, 3.05) is 19.7 Å². The Labute approximate surface area is 131 Å². The molecule has 21 heavy (non-hydrogen) atoms. The fraction of sp³-hybridized carbons (Fsp3) is 0.684. The molecule has 0 atom stereocenters. The zero-order valence-electron chi connectivity index (χ0n) is 15.0. The van der Waals surface area contributed by atoms with Gasteiger partial charge in [0.25, 0.3) is 0 Å². The average Bonchev–Trinajstić information content (AvgIpc) is 2.30. The van der Waals surface area contributed by atoms with Gasteiger partial charge in [-0.05, 0) is 47.9 Å². The molecule has 0 unspecified atom stereocenters. The highest BCUT2D eigenvalue weighted by Gasteiger charge is 2.18. The first kappa shape index (κ1) is 18.0. The lowest BCUT2D eigenvalue weighted by molar-refractivity contribution is 0.297. The average molecular weight is 291 g/mol. The maximum Gasteiger partial charge on any atom is 0.123 e. The van der Waals surface area contributed by atoms with Crippen molar-refractivity contribution < 1.29 is 4.74 Å². The Hall–Kier alpha value is -1.02. The summed E-state index contributed by atoms with van der Waals surface area (Å²) in [5, 5.41) is 3.46. The fourth-order valence-corrected chi connectivity index (χ4v) is 2.19. The molecule has 120 valence electrons. The van der Waals surface area contributed by atoms with Gasteiger partial charge in [-0.25, -0.2) is 0 Å². The lowest BCUT2D eigenvalue weighted by atomic mass is 9.86. The minimum Gasteiger partial charge on any atom is -0.492 e. The first-order chi connectivity index (χ1) is 9.59. The largest absolute Gasteiger partial charge is 0.492 e. The number of hydrogen-bond acceptors (Lipinski definition) is 2. The Kier molecular flexibility index (Phi) is 6.27. The van der Waals surface area contributed by atoms with Crippen LogP contribution in [0.1, 0.15) is 59.1 Å². The van der Waals surface area contributed by atoms with Crippen molar-refractivity contribution in [3.63, 3.8) is 0 Å². The van der Waals surface area contributed by atoms with Gasteiger partial charge >= 0.3 is 0 Å². The Bertz CT molecular complexity index is 438. The summed E-state index contributed by atoms with van der Waals surface area (Å²) in [5.41, 5.74) is 3.04.